The Morgan fingerprint density at radius 3 is 2.60 bits per heavy atom. The Morgan fingerprint density at radius 2 is 2.05 bits per heavy atom. The van der Waals surface area contributed by atoms with Crippen molar-refractivity contribution >= 4 is 22.8 Å². The maximum absolute atomic E-state index is 6.12. The van der Waals surface area contributed by atoms with Crippen LogP contribution in [-0.4, -0.2) is 19.3 Å². The molecule has 110 valence electrons. The number of hydrogen-bond donors (Lipinski definition) is 0. The molecule has 0 unspecified atom stereocenters. The number of aryl methyl sites for hydroxylation is 2. The molecule has 2 aromatic rings. The van der Waals surface area contributed by atoms with Crippen LogP contribution in [0, 0.1) is 5.41 Å². The Hall–Kier alpha value is -1.03. The van der Waals surface area contributed by atoms with Gasteiger partial charge in [0.1, 0.15) is 11.3 Å². The highest BCUT2D eigenvalue weighted by atomic mass is 35.5. The van der Waals surface area contributed by atoms with E-state index >= 15 is 0 Å². The summed E-state index contributed by atoms with van der Waals surface area (Å²) < 4.78 is 4.29. The topological polar surface area (TPSA) is 35.6 Å². The summed E-state index contributed by atoms with van der Waals surface area (Å²) in [6.45, 7) is 5.44. The van der Waals surface area contributed by atoms with E-state index in [1.54, 1.807) is 0 Å². The molecule has 0 radical (unpaired) electrons. The van der Waals surface area contributed by atoms with Gasteiger partial charge in [0.25, 0.3) is 0 Å². The molecule has 0 aliphatic heterocycles. The van der Waals surface area contributed by atoms with Crippen LogP contribution in [0.3, 0.4) is 0 Å². The molecule has 1 saturated carbocycles. The van der Waals surface area contributed by atoms with Crippen molar-refractivity contribution in [3.05, 3.63) is 11.5 Å². The van der Waals surface area contributed by atoms with E-state index in [9.17, 15) is 0 Å². The highest BCUT2D eigenvalue weighted by molar-refractivity contribution is 6.16. The molecule has 0 amide bonds. The van der Waals surface area contributed by atoms with Crippen LogP contribution in [0.1, 0.15) is 51.0 Å². The predicted octanol–water partition coefficient (Wildman–Crippen LogP) is 3.65. The summed E-state index contributed by atoms with van der Waals surface area (Å²) in [6.07, 6.45) is 6.13. The van der Waals surface area contributed by atoms with E-state index in [4.69, 9.17) is 16.6 Å². The van der Waals surface area contributed by atoms with Gasteiger partial charge in [-0.3, -0.25) is 4.68 Å². The molecule has 1 aliphatic rings. The Morgan fingerprint density at radius 1 is 1.30 bits per heavy atom. The maximum atomic E-state index is 6.12. The van der Waals surface area contributed by atoms with Crippen LogP contribution in [0.25, 0.3) is 11.2 Å². The van der Waals surface area contributed by atoms with Gasteiger partial charge in [0.05, 0.1) is 11.6 Å². The molecule has 1 aliphatic carbocycles. The third-order valence-corrected chi connectivity index (χ3v) is 4.79. The number of hydrogen-bond acceptors (Lipinski definition) is 2. The van der Waals surface area contributed by atoms with Crippen LogP contribution in [0.4, 0.5) is 0 Å². The summed E-state index contributed by atoms with van der Waals surface area (Å²) in [5, 5.41) is 4.59. The number of aromatic nitrogens is 4. The lowest BCUT2D eigenvalue weighted by Gasteiger charge is -2.17. The standard InChI is InChI=1S/C15H23ClN4/c1-4-6-15(7-8-15)10-20-12(9-16)17-13-11(5-2)18-19(3)14(13)20/h4-10H2,1-3H3. The number of nitrogens with zero attached hydrogens (tertiary/aromatic N) is 4. The highest BCUT2D eigenvalue weighted by Crippen LogP contribution is 2.51. The van der Waals surface area contributed by atoms with Gasteiger partial charge < -0.3 is 4.57 Å². The normalized spacial score (nSPS) is 17.0. The third kappa shape index (κ3) is 2.14. The number of imidazole rings is 1. The Labute approximate surface area is 125 Å². The molecule has 4 nitrogen and oxygen atoms in total. The van der Waals surface area contributed by atoms with Crippen molar-refractivity contribution in [3.8, 4) is 0 Å². The average Bonchev–Trinajstić information content (AvgIpc) is 2.97. The van der Waals surface area contributed by atoms with E-state index in [1.165, 1.54) is 25.7 Å². The van der Waals surface area contributed by atoms with E-state index in [0.29, 0.717) is 11.3 Å². The summed E-state index contributed by atoms with van der Waals surface area (Å²) in [6, 6.07) is 0. The van der Waals surface area contributed by atoms with Gasteiger partial charge in [0, 0.05) is 13.6 Å². The zero-order chi connectivity index (χ0) is 14.3. The van der Waals surface area contributed by atoms with Crippen LogP contribution >= 0.6 is 11.6 Å². The lowest BCUT2D eigenvalue weighted by atomic mass is 10.0. The quantitative estimate of drug-likeness (QED) is 0.762. The minimum atomic E-state index is 0.472. The maximum Gasteiger partial charge on any atom is 0.158 e. The van der Waals surface area contributed by atoms with Crippen LogP contribution < -0.4 is 0 Å². The predicted molar refractivity (Wildman–Crippen MR) is 82.0 cm³/mol. The molecule has 3 rings (SSSR count). The van der Waals surface area contributed by atoms with Gasteiger partial charge in [0.2, 0.25) is 0 Å². The summed E-state index contributed by atoms with van der Waals surface area (Å²) in [5.41, 5.74) is 3.74. The minimum absolute atomic E-state index is 0.472. The van der Waals surface area contributed by atoms with Crippen molar-refractivity contribution < 1.29 is 0 Å². The summed E-state index contributed by atoms with van der Waals surface area (Å²) in [4.78, 5) is 4.74. The molecular formula is C15H23ClN4. The number of halogens is 1. The second-order valence-electron chi connectivity index (χ2n) is 6.09. The van der Waals surface area contributed by atoms with E-state index in [1.807, 2.05) is 11.7 Å². The molecule has 2 aromatic heterocycles. The lowest BCUT2D eigenvalue weighted by Crippen LogP contribution is -2.15. The first kappa shape index (κ1) is 13.9. The number of rotatable bonds is 6. The van der Waals surface area contributed by atoms with Gasteiger partial charge in [-0.05, 0) is 31.1 Å². The molecule has 0 spiro atoms. The Balaban J connectivity index is 2.06. The van der Waals surface area contributed by atoms with Crippen LogP contribution in [0.5, 0.6) is 0 Å². The van der Waals surface area contributed by atoms with Gasteiger partial charge in [-0.15, -0.1) is 11.6 Å². The van der Waals surface area contributed by atoms with Crippen molar-refractivity contribution in [1.29, 1.82) is 0 Å². The molecule has 0 saturated heterocycles. The Kier molecular flexibility index (Phi) is 3.53. The molecule has 1 fully saturated rings. The Bertz CT molecular complexity index is 621. The fraction of sp³-hybridized carbons (Fsp3) is 0.733. The first-order chi connectivity index (χ1) is 9.64. The van der Waals surface area contributed by atoms with Crippen molar-refractivity contribution in [3.63, 3.8) is 0 Å². The molecule has 0 bridgehead atoms. The van der Waals surface area contributed by atoms with E-state index < -0.39 is 0 Å². The van der Waals surface area contributed by atoms with Crippen molar-refractivity contribution in [1.82, 2.24) is 19.3 Å². The SMILES string of the molecule is CCCC1(Cn2c(CCl)nc3c(CC)nn(C)c32)CC1. The molecule has 0 aromatic carbocycles. The van der Waals surface area contributed by atoms with E-state index in [-0.39, 0.29) is 0 Å². The molecule has 20 heavy (non-hydrogen) atoms. The lowest BCUT2D eigenvalue weighted by molar-refractivity contribution is 0.386. The molecular weight excluding hydrogens is 272 g/mol. The van der Waals surface area contributed by atoms with Crippen LogP contribution in [0.2, 0.25) is 0 Å². The first-order valence-electron chi connectivity index (χ1n) is 7.61. The van der Waals surface area contributed by atoms with Gasteiger partial charge in [-0.2, -0.15) is 5.10 Å². The average molecular weight is 295 g/mol. The molecule has 0 atom stereocenters. The second-order valence-corrected chi connectivity index (χ2v) is 6.36. The fourth-order valence-corrected chi connectivity index (χ4v) is 3.53. The van der Waals surface area contributed by atoms with Crippen LogP contribution in [0.15, 0.2) is 0 Å². The first-order valence-corrected chi connectivity index (χ1v) is 8.14. The molecule has 5 heteroatoms. The zero-order valence-electron chi connectivity index (χ0n) is 12.6. The zero-order valence-corrected chi connectivity index (χ0v) is 13.4. The molecule has 0 N–H and O–H groups in total. The molecule has 2 heterocycles. The summed E-state index contributed by atoms with van der Waals surface area (Å²) in [5.74, 6) is 1.46. The minimum Gasteiger partial charge on any atom is -0.311 e. The summed E-state index contributed by atoms with van der Waals surface area (Å²) in [7, 11) is 2.01. The van der Waals surface area contributed by atoms with Gasteiger partial charge in [0.15, 0.2) is 5.65 Å². The van der Waals surface area contributed by atoms with E-state index in [0.717, 1.165) is 35.6 Å². The summed E-state index contributed by atoms with van der Waals surface area (Å²) >= 11 is 6.12. The van der Waals surface area contributed by atoms with Crippen molar-refractivity contribution in [2.45, 2.75) is 58.4 Å². The monoisotopic (exact) mass is 294 g/mol. The number of alkyl halides is 1. The third-order valence-electron chi connectivity index (χ3n) is 4.56. The van der Waals surface area contributed by atoms with Crippen molar-refractivity contribution in [2.24, 2.45) is 12.5 Å². The van der Waals surface area contributed by atoms with Gasteiger partial charge >= 0.3 is 0 Å². The smallest absolute Gasteiger partial charge is 0.158 e. The van der Waals surface area contributed by atoms with Gasteiger partial charge in [-0.1, -0.05) is 20.3 Å². The van der Waals surface area contributed by atoms with Crippen LogP contribution in [-0.2, 0) is 25.9 Å². The highest BCUT2D eigenvalue weighted by Gasteiger charge is 2.42. The van der Waals surface area contributed by atoms with Crippen molar-refractivity contribution in [2.75, 3.05) is 0 Å². The second kappa shape index (κ2) is 5.06. The fourth-order valence-electron chi connectivity index (χ4n) is 3.32. The van der Waals surface area contributed by atoms with E-state index in [2.05, 4.69) is 23.5 Å². The van der Waals surface area contributed by atoms with Gasteiger partial charge in [-0.25, -0.2) is 4.98 Å². The largest absolute Gasteiger partial charge is 0.311 e. The number of fused-ring (bicyclic) bond motifs is 1.